The van der Waals surface area contributed by atoms with E-state index >= 15 is 0 Å². The summed E-state index contributed by atoms with van der Waals surface area (Å²) in [6.45, 7) is 1.92. The van der Waals surface area contributed by atoms with E-state index in [2.05, 4.69) is 15.4 Å². The number of benzene rings is 1. The maximum atomic E-state index is 5.92. The number of nitrogens with two attached hydrogens (primary N) is 1. The lowest BCUT2D eigenvalue weighted by molar-refractivity contribution is 0.415. The molecule has 0 spiro atoms. The number of aryl methyl sites for hydroxylation is 1. The summed E-state index contributed by atoms with van der Waals surface area (Å²) >= 11 is 0. The minimum atomic E-state index is 0.272. The molecular weight excluding hydrogens is 256 g/mol. The third-order valence-corrected chi connectivity index (χ3v) is 3.16. The van der Waals surface area contributed by atoms with Crippen LogP contribution < -0.4 is 10.5 Å². The lowest BCUT2D eigenvalue weighted by atomic mass is 10.0. The van der Waals surface area contributed by atoms with Crippen molar-refractivity contribution >= 4 is 5.88 Å². The van der Waals surface area contributed by atoms with E-state index < -0.39 is 0 Å². The van der Waals surface area contributed by atoms with E-state index in [1.165, 1.54) is 0 Å². The van der Waals surface area contributed by atoms with Crippen LogP contribution in [0.2, 0.25) is 0 Å². The molecule has 0 radical (unpaired) electrons. The molecule has 0 atom stereocenters. The van der Waals surface area contributed by atoms with Gasteiger partial charge in [-0.2, -0.15) is 5.10 Å². The zero-order chi connectivity index (χ0) is 14.1. The molecule has 0 aliphatic carbocycles. The van der Waals surface area contributed by atoms with Crippen LogP contribution in [0.25, 0.3) is 22.4 Å². The van der Waals surface area contributed by atoms with Gasteiger partial charge in [-0.05, 0) is 24.6 Å². The Morgan fingerprint density at radius 1 is 1.35 bits per heavy atom. The van der Waals surface area contributed by atoms with Crippen LogP contribution in [0.5, 0.6) is 5.75 Å². The summed E-state index contributed by atoms with van der Waals surface area (Å²) in [5, 5.41) is 10.9. The number of hydrogen-bond donors (Lipinski definition) is 2. The van der Waals surface area contributed by atoms with Gasteiger partial charge in [0, 0.05) is 11.3 Å². The number of anilines is 1. The van der Waals surface area contributed by atoms with Crippen LogP contribution in [0.4, 0.5) is 5.88 Å². The Labute approximate surface area is 115 Å². The molecule has 0 bridgehead atoms. The lowest BCUT2D eigenvalue weighted by Crippen LogP contribution is -1.89. The van der Waals surface area contributed by atoms with Crippen molar-refractivity contribution in [2.24, 2.45) is 0 Å². The van der Waals surface area contributed by atoms with Crippen molar-refractivity contribution in [1.82, 2.24) is 15.4 Å². The SMILES string of the molecule is COc1cccc(-c2c(-c3cn[nH]c3C)noc2N)c1. The van der Waals surface area contributed by atoms with Crippen LogP contribution >= 0.6 is 0 Å². The molecule has 102 valence electrons. The minimum absolute atomic E-state index is 0.272. The van der Waals surface area contributed by atoms with Gasteiger partial charge in [-0.3, -0.25) is 5.10 Å². The highest BCUT2D eigenvalue weighted by molar-refractivity contribution is 5.87. The molecule has 3 N–H and O–H groups in total. The predicted molar refractivity (Wildman–Crippen MR) is 75.2 cm³/mol. The Morgan fingerprint density at radius 3 is 2.90 bits per heavy atom. The number of nitrogens with zero attached hydrogens (tertiary/aromatic N) is 2. The number of hydrogen-bond acceptors (Lipinski definition) is 5. The zero-order valence-electron chi connectivity index (χ0n) is 11.2. The number of methoxy groups -OCH3 is 1. The number of H-pyrrole nitrogens is 1. The van der Waals surface area contributed by atoms with Gasteiger partial charge in [0.15, 0.2) is 0 Å². The molecule has 2 heterocycles. The van der Waals surface area contributed by atoms with Gasteiger partial charge in [-0.1, -0.05) is 17.3 Å². The molecule has 0 aliphatic rings. The van der Waals surface area contributed by atoms with E-state index in [1.54, 1.807) is 13.3 Å². The van der Waals surface area contributed by atoms with Gasteiger partial charge >= 0.3 is 0 Å². The molecule has 0 saturated carbocycles. The first-order valence-electron chi connectivity index (χ1n) is 6.10. The van der Waals surface area contributed by atoms with Crippen molar-refractivity contribution in [3.63, 3.8) is 0 Å². The summed E-state index contributed by atoms with van der Waals surface area (Å²) in [7, 11) is 1.62. The van der Waals surface area contributed by atoms with Gasteiger partial charge in [0.2, 0.25) is 5.88 Å². The fraction of sp³-hybridized carbons (Fsp3) is 0.143. The molecule has 2 aromatic heterocycles. The van der Waals surface area contributed by atoms with Crippen LogP contribution in [0.1, 0.15) is 5.69 Å². The fourth-order valence-corrected chi connectivity index (χ4v) is 2.13. The topological polar surface area (TPSA) is 90.0 Å². The molecule has 6 nitrogen and oxygen atoms in total. The number of nitrogen functional groups attached to an aromatic ring is 1. The number of aromatic nitrogens is 3. The van der Waals surface area contributed by atoms with Gasteiger partial charge in [-0.25, -0.2) is 0 Å². The minimum Gasteiger partial charge on any atom is -0.497 e. The van der Waals surface area contributed by atoms with Crippen LogP contribution in [0, 0.1) is 6.92 Å². The van der Waals surface area contributed by atoms with Crippen LogP contribution in [-0.2, 0) is 0 Å². The smallest absolute Gasteiger partial charge is 0.230 e. The molecule has 1 aromatic carbocycles. The maximum absolute atomic E-state index is 5.92. The summed E-state index contributed by atoms with van der Waals surface area (Å²) in [5.74, 6) is 1.02. The monoisotopic (exact) mass is 270 g/mol. The van der Waals surface area contributed by atoms with E-state index in [0.29, 0.717) is 5.69 Å². The molecule has 0 fully saturated rings. The first kappa shape index (κ1) is 12.3. The van der Waals surface area contributed by atoms with Crippen LogP contribution in [-0.4, -0.2) is 22.5 Å². The quantitative estimate of drug-likeness (QED) is 0.763. The molecule has 0 saturated heterocycles. The second-order valence-electron chi connectivity index (χ2n) is 4.41. The largest absolute Gasteiger partial charge is 0.497 e. The third kappa shape index (κ3) is 1.91. The zero-order valence-corrected chi connectivity index (χ0v) is 11.2. The van der Waals surface area contributed by atoms with Crippen molar-refractivity contribution in [1.29, 1.82) is 0 Å². The molecule has 3 aromatic rings. The highest BCUT2D eigenvalue weighted by Crippen LogP contribution is 2.37. The van der Waals surface area contributed by atoms with Crippen molar-refractivity contribution in [2.45, 2.75) is 6.92 Å². The number of rotatable bonds is 3. The fourth-order valence-electron chi connectivity index (χ4n) is 2.13. The standard InChI is InChI=1S/C14H14N4O2/c1-8-11(7-16-17-8)13-12(14(15)20-18-13)9-4-3-5-10(6-9)19-2/h3-7H,15H2,1-2H3,(H,16,17). The summed E-state index contributed by atoms with van der Waals surface area (Å²) in [6, 6.07) is 7.59. The van der Waals surface area contributed by atoms with Gasteiger partial charge in [0.1, 0.15) is 11.4 Å². The highest BCUT2D eigenvalue weighted by atomic mass is 16.5. The maximum Gasteiger partial charge on any atom is 0.230 e. The molecule has 0 aliphatic heterocycles. The molecule has 6 heteroatoms. The van der Waals surface area contributed by atoms with Crippen LogP contribution in [0.15, 0.2) is 35.0 Å². The van der Waals surface area contributed by atoms with Gasteiger partial charge < -0.3 is 15.0 Å². The Hall–Kier alpha value is -2.76. The first-order chi connectivity index (χ1) is 9.70. The van der Waals surface area contributed by atoms with Crippen molar-refractivity contribution in [2.75, 3.05) is 12.8 Å². The third-order valence-electron chi connectivity index (χ3n) is 3.16. The second kappa shape index (κ2) is 4.73. The molecule has 20 heavy (non-hydrogen) atoms. The van der Waals surface area contributed by atoms with E-state index in [1.807, 2.05) is 31.2 Å². The summed E-state index contributed by atoms with van der Waals surface area (Å²) in [5.41, 5.74) is 9.99. The summed E-state index contributed by atoms with van der Waals surface area (Å²) < 4.78 is 10.4. The first-order valence-corrected chi connectivity index (χ1v) is 6.10. The van der Waals surface area contributed by atoms with E-state index in [0.717, 1.165) is 28.1 Å². The lowest BCUT2D eigenvalue weighted by Gasteiger charge is -2.04. The van der Waals surface area contributed by atoms with Gasteiger partial charge in [0.05, 0.1) is 18.9 Å². The highest BCUT2D eigenvalue weighted by Gasteiger charge is 2.20. The summed E-state index contributed by atoms with van der Waals surface area (Å²) in [4.78, 5) is 0. The molecule has 0 unspecified atom stereocenters. The number of aromatic amines is 1. The Morgan fingerprint density at radius 2 is 2.20 bits per heavy atom. The number of nitrogens with one attached hydrogen (secondary N) is 1. The van der Waals surface area contributed by atoms with E-state index in [-0.39, 0.29) is 5.88 Å². The molecule has 0 amide bonds. The predicted octanol–water partition coefficient (Wildman–Crippen LogP) is 2.63. The van der Waals surface area contributed by atoms with Crippen molar-refractivity contribution in [3.8, 4) is 28.1 Å². The molecule has 3 rings (SSSR count). The second-order valence-corrected chi connectivity index (χ2v) is 4.41. The van der Waals surface area contributed by atoms with Crippen molar-refractivity contribution < 1.29 is 9.26 Å². The Balaban J connectivity index is 2.19. The van der Waals surface area contributed by atoms with Crippen molar-refractivity contribution in [3.05, 3.63) is 36.2 Å². The van der Waals surface area contributed by atoms with Crippen LogP contribution in [0.3, 0.4) is 0 Å². The van der Waals surface area contributed by atoms with Gasteiger partial charge in [-0.15, -0.1) is 0 Å². The Kier molecular flexibility index (Phi) is 2.90. The number of ether oxygens (including phenoxy) is 1. The van der Waals surface area contributed by atoms with Gasteiger partial charge in [0.25, 0.3) is 0 Å². The average molecular weight is 270 g/mol. The normalized spacial score (nSPS) is 10.7. The van der Waals surface area contributed by atoms with E-state index in [9.17, 15) is 0 Å². The Bertz CT molecular complexity index is 745. The van der Waals surface area contributed by atoms with E-state index in [4.69, 9.17) is 15.0 Å². The summed E-state index contributed by atoms with van der Waals surface area (Å²) in [6.07, 6.45) is 1.70. The average Bonchev–Trinajstić information content (AvgIpc) is 3.04. The molecular formula is C14H14N4O2.